The van der Waals surface area contributed by atoms with Crippen molar-refractivity contribution in [2.24, 2.45) is 0 Å². The third kappa shape index (κ3) is 3.48. The summed E-state index contributed by atoms with van der Waals surface area (Å²) in [5.74, 6) is 0. The minimum Gasteiger partial charge on any atom is -0.390 e. The van der Waals surface area contributed by atoms with E-state index >= 15 is 0 Å². The van der Waals surface area contributed by atoms with Crippen LogP contribution in [-0.4, -0.2) is 48.7 Å². The van der Waals surface area contributed by atoms with Gasteiger partial charge in [0.05, 0.1) is 12.7 Å². The summed E-state index contributed by atoms with van der Waals surface area (Å²) in [6, 6.07) is 1.57. The minimum atomic E-state index is -3.51. The fourth-order valence-corrected chi connectivity index (χ4v) is 4.29. The Balaban J connectivity index is 2.26. The molecule has 2 heterocycles. The van der Waals surface area contributed by atoms with Gasteiger partial charge in [0, 0.05) is 38.6 Å². The van der Waals surface area contributed by atoms with E-state index in [1.54, 1.807) is 19.4 Å². The van der Waals surface area contributed by atoms with E-state index < -0.39 is 10.0 Å². The molecule has 0 bridgehead atoms. The Morgan fingerprint density at radius 2 is 2.24 bits per heavy atom. The molecule has 120 valence electrons. The van der Waals surface area contributed by atoms with Gasteiger partial charge >= 0.3 is 0 Å². The molecule has 1 aliphatic rings. The van der Waals surface area contributed by atoms with Gasteiger partial charge in [-0.3, -0.25) is 0 Å². The topological polar surface area (TPSA) is 71.8 Å². The maximum Gasteiger partial charge on any atom is 0.244 e. The minimum absolute atomic E-state index is 0.0384. The van der Waals surface area contributed by atoms with Gasteiger partial charge < -0.3 is 14.4 Å². The van der Waals surface area contributed by atoms with Crippen LogP contribution >= 0.6 is 0 Å². The summed E-state index contributed by atoms with van der Waals surface area (Å²) >= 11 is 0. The average molecular weight is 316 g/mol. The predicted octanol–water partition coefficient (Wildman–Crippen LogP) is 1.19. The zero-order chi connectivity index (χ0) is 15.5. The van der Waals surface area contributed by atoms with Crippen LogP contribution < -0.4 is 0 Å². The number of aryl methyl sites for hydroxylation is 1. The second-order valence-electron chi connectivity index (χ2n) is 5.38. The van der Waals surface area contributed by atoms with Crippen molar-refractivity contribution in [3.05, 3.63) is 18.0 Å². The van der Waals surface area contributed by atoms with Crippen molar-refractivity contribution in [1.29, 1.82) is 0 Å². The van der Waals surface area contributed by atoms with Crippen molar-refractivity contribution in [2.45, 2.75) is 50.3 Å². The van der Waals surface area contributed by atoms with E-state index in [9.17, 15) is 13.5 Å². The highest BCUT2D eigenvalue weighted by molar-refractivity contribution is 7.89. The van der Waals surface area contributed by atoms with Crippen molar-refractivity contribution in [1.82, 2.24) is 8.87 Å². The zero-order valence-corrected chi connectivity index (χ0v) is 13.5. The smallest absolute Gasteiger partial charge is 0.244 e. The molecule has 0 aliphatic carbocycles. The van der Waals surface area contributed by atoms with Gasteiger partial charge in [-0.1, -0.05) is 6.92 Å². The Morgan fingerprint density at radius 3 is 2.86 bits per heavy atom. The van der Waals surface area contributed by atoms with Gasteiger partial charge in [0.25, 0.3) is 0 Å². The van der Waals surface area contributed by atoms with Crippen molar-refractivity contribution in [3.63, 3.8) is 0 Å². The van der Waals surface area contributed by atoms with Crippen LogP contribution in [0.2, 0.25) is 0 Å². The van der Waals surface area contributed by atoms with E-state index in [4.69, 9.17) is 4.74 Å². The summed E-state index contributed by atoms with van der Waals surface area (Å²) in [7, 11) is -1.90. The fourth-order valence-electron chi connectivity index (χ4n) is 2.71. The number of aromatic nitrogens is 1. The molecule has 0 spiro atoms. The van der Waals surface area contributed by atoms with Gasteiger partial charge in [0.15, 0.2) is 0 Å². The van der Waals surface area contributed by atoms with Crippen LogP contribution in [0.25, 0.3) is 0 Å². The molecule has 1 saturated heterocycles. The lowest BCUT2D eigenvalue weighted by Gasteiger charge is -2.30. The van der Waals surface area contributed by atoms with E-state index in [-0.39, 0.29) is 17.6 Å². The van der Waals surface area contributed by atoms with Crippen molar-refractivity contribution in [2.75, 3.05) is 20.2 Å². The third-order valence-corrected chi connectivity index (χ3v) is 5.73. The maximum absolute atomic E-state index is 12.7. The van der Waals surface area contributed by atoms with Crippen LogP contribution in [0.4, 0.5) is 0 Å². The van der Waals surface area contributed by atoms with E-state index in [0.717, 1.165) is 19.3 Å². The molecule has 1 N–H and O–H groups in total. The van der Waals surface area contributed by atoms with Gasteiger partial charge in [-0.2, -0.15) is 4.31 Å². The number of rotatable bonds is 6. The molecule has 0 amide bonds. The highest BCUT2D eigenvalue weighted by atomic mass is 32.2. The Labute approximate surface area is 126 Å². The molecule has 7 heteroatoms. The molecule has 0 aromatic carbocycles. The Kier molecular flexibility index (Phi) is 5.43. The van der Waals surface area contributed by atoms with Crippen LogP contribution in [0, 0.1) is 0 Å². The first-order valence-corrected chi connectivity index (χ1v) is 8.79. The van der Waals surface area contributed by atoms with Crippen LogP contribution in [0.15, 0.2) is 17.2 Å². The first-order valence-electron chi connectivity index (χ1n) is 7.35. The van der Waals surface area contributed by atoms with E-state index in [1.165, 1.54) is 4.31 Å². The number of nitrogens with zero attached hydrogens (tertiary/aromatic N) is 2. The zero-order valence-electron chi connectivity index (χ0n) is 12.7. The first kappa shape index (κ1) is 16.5. The Morgan fingerprint density at radius 1 is 1.48 bits per heavy atom. The number of piperidine rings is 1. The van der Waals surface area contributed by atoms with Gasteiger partial charge in [-0.15, -0.1) is 0 Å². The van der Waals surface area contributed by atoms with E-state index in [0.29, 0.717) is 25.3 Å². The molecule has 1 aliphatic heterocycles. The Bertz CT molecular complexity index is 568. The van der Waals surface area contributed by atoms with Crippen molar-refractivity contribution >= 4 is 10.0 Å². The summed E-state index contributed by atoms with van der Waals surface area (Å²) in [5.41, 5.74) is 0.635. The lowest BCUT2D eigenvalue weighted by atomic mass is 10.1. The monoisotopic (exact) mass is 316 g/mol. The summed E-state index contributed by atoms with van der Waals surface area (Å²) in [5, 5.41) is 9.37. The molecule has 1 unspecified atom stereocenters. The quantitative estimate of drug-likeness (QED) is 0.856. The molecule has 6 nitrogen and oxygen atoms in total. The van der Waals surface area contributed by atoms with Gasteiger partial charge in [0.1, 0.15) is 4.90 Å². The summed E-state index contributed by atoms with van der Waals surface area (Å²) in [6.45, 7) is 3.48. The van der Waals surface area contributed by atoms with Crippen LogP contribution in [0.5, 0.6) is 0 Å². The molecular weight excluding hydrogens is 292 g/mol. The number of methoxy groups -OCH3 is 1. The van der Waals surface area contributed by atoms with Gasteiger partial charge in [0.2, 0.25) is 10.0 Å². The molecule has 0 radical (unpaired) electrons. The van der Waals surface area contributed by atoms with Crippen LogP contribution in [0.3, 0.4) is 0 Å². The maximum atomic E-state index is 12.7. The van der Waals surface area contributed by atoms with E-state index in [1.807, 2.05) is 11.5 Å². The van der Waals surface area contributed by atoms with Gasteiger partial charge in [-0.25, -0.2) is 8.42 Å². The highest BCUT2D eigenvalue weighted by Crippen LogP contribution is 2.24. The summed E-state index contributed by atoms with van der Waals surface area (Å²) < 4.78 is 34.0. The molecule has 1 atom stereocenters. The standard InChI is InChI=1S/C14H24N2O4S/c1-3-6-15-10-14(8-12(15)11-17)21(18,19)16-7-4-5-13(9-16)20-2/h8,10,13,17H,3-7,9,11H2,1-2H3. The largest absolute Gasteiger partial charge is 0.390 e. The molecule has 2 rings (SSSR count). The van der Waals surface area contributed by atoms with Gasteiger partial charge in [-0.05, 0) is 25.3 Å². The summed E-state index contributed by atoms with van der Waals surface area (Å²) in [6.07, 6.45) is 4.17. The fraction of sp³-hybridized carbons (Fsp3) is 0.714. The number of hydrogen-bond donors (Lipinski definition) is 1. The lowest BCUT2D eigenvalue weighted by Crippen LogP contribution is -2.42. The molecule has 21 heavy (non-hydrogen) atoms. The van der Waals surface area contributed by atoms with E-state index in [2.05, 4.69) is 0 Å². The van der Waals surface area contributed by atoms with Crippen molar-refractivity contribution < 1.29 is 18.3 Å². The molecular formula is C14H24N2O4S. The SMILES string of the molecule is CCCn1cc(S(=O)(=O)N2CCCC(OC)C2)cc1CO. The van der Waals surface area contributed by atoms with Crippen LogP contribution in [-0.2, 0) is 27.9 Å². The number of aliphatic hydroxyl groups excluding tert-OH is 1. The molecule has 0 saturated carbocycles. The predicted molar refractivity (Wildman–Crippen MR) is 79.4 cm³/mol. The lowest BCUT2D eigenvalue weighted by molar-refractivity contribution is 0.0572. The average Bonchev–Trinajstić information content (AvgIpc) is 2.91. The van der Waals surface area contributed by atoms with Crippen LogP contribution in [0.1, 0.15) is 31.9 Å². The highest BCUT2D eigenvalue weighted by Gasteiger charge is 2.31. The Hall–Kier alpha value is -0.890. The van der Waals surface area contributed by atoms with Crippen molar-refractivity contribution in [3.8, 4) is 0 Å². The number of sulfonamides is 1. The molecule has 1 aromatic rings. The number of ether oxygens (including phenoxy) is 1. The number of aliphatic hydroxyl groups is 1. The first-order chi connectivity index (χ1) is 10.0. The second-order valence-corrected chi connectivity index (χ2v) is 7.32. The second kappa shape index (κ2) is 6.91. The summed E-state index contributed by atoms with van der Waals surface area (Å²) in [4.78, 5) is 0.261. The molecule has 1 fully saturated rings. The third-order valence-electron chi connectivity index (χ3n) is 3.90. The normalized spacial score (nSPS) is 20.8. The molecule has 1 aromatic heterocycles. The number of hydrogen-bond acceptors (Lipinski definition) is 4.